The fraction of sp³-hybridized carbons (Fsp3) is 0.280. The number of amides is 1. The van der Waals surface area contributed by atoms with Crippen molar-refractivity contribution in [1.29, 1.82) is 0 Å². The summed E-state index contributed by atoms with van der Waals surface area (Å²) >= 11 is 0. The Morgan fingerprint density at radius 2 is 1.81 bits per heavy atom. The molecule has 2 aromatic carbocycles. The van der Waals surface area contributed by atoms with E-state index in [1.54, 1.807) is 60.9 Å². The molecule has 7 heteroatoms. The van der Waals surface area contributed by atoms with Crippen LogP contribution in [-0.4, -0.2) is 35.8 Å². The number of benzene rings is 2. The molecule has 1 atom stereocenters. The molecule has 1 unspecified atom stereocenters. The average molecular weight is 438 g/mol. The number of hydroxylamine groups is 2. The first kappa shape index (κ1) is 21.6. The largest absolute Gasteiger partial charge is 0.493 e. The van der Waals surface area contributed by atoms with Crippen LogP contribution in [-0.2, 0) is 16.2 Å². The molecular formula is C25H27NO6. The zero-order chi connectivity index (χ0) is 23.6. The number of carboxylic acid groups (broad SMARTS) is 1. The van der Waals surface area contributed by atoms with Gasteiger partial charge < -0.3 is 14.3 Å². The third-order valence-electron chi connectivity index (χ3n) is 4.80. The van der Waals surface area contributed by atoms with E-state index in [4.69, 9.17) is 20.5 Å². The highest BCUT2D eigenvalue weighted by Crippen LogP contribution is 2.23. The molecule has 0 spiro atoms. The Kier molecular flexibility index (Phi) is 7.92. The summed E-state index contributed by atoms with van der Waals surface area (Å²) < 4.78 is 19.9. The fourth-order valence-electron chi connectivity index (χ4n) is 3.12. The first-order valence-electron chi connectivity index (χ1n) is 11.0. The SMILES string of the molecule is [2H]C(c1ccccc1OCCCCCC(=O)O)N(OC)C(=O)c1ccc(-c2ccco2)cc1. The van der Waals surface area contributed by atoms with Crippen LogP contribution in [0.2, 0.25) is 0 Å². The Labute approximate surface area is 188 Å². The van der Waals surface area contributed by atoms with E-state index in [0.717, 1.165) is 17.0 Å². The summed E-state index contributed by atoms with van der Waals surface area (Å²) in [5, 5.41) is 9.70. The molecule has 0 bridgehead atoms. The van der Waals surface area contributed by atoms with Crippen molar-refractivity contribution in [3.8, 4) is 17.1 Å². The quantitative estimate of drug-likeness (QED) is 0.310. The number of carbonyl (C=O) groups is 2. The Morgan fingerprint density at radius 3 is 2.50 bits per heavy atom. The minimum atomic E-state index is -1.14. The van der Waals surface area contributed by atoms with E-state index < -0.39 is 18.4 Å². The van der Waals surface area contributed by atoms with Crippen LogP contribution in [0.1, 0.15) is 43.0 Å². The number of rotatable bonds is 12. The second-order valence-electron chi connectivity index (χ2n) is 7.09. The van der Waals surface area contributed by atoms with Gasteiger partial charge in [-0.15, -0.1) is 0 Å². The van der Waals surface area contributed by atoms with E-state index in [-0.39, 0.29) is 6.42 Å². The predicted molar refractivity (Wildman–Crippen MR) is 119 cm³/mol. The number of carbonyl (C=O) groups excluding carboxylic acids is 1. The van der Waals surface area contributed by atoms with Gasteiger partial charge in [-0.25, -0.2) is 5.06 Å². The van der Waals surface area contributed by atoms with Crippen LogP contribution in [0.25, 0.3) is 11.3 Å². The Balaban J connectivity index is 1.66. The van der Waals surface area contributed by atoms with Gasteiger partial charge in [0.15, 0.2) is 0 Å². The summed E-state index contributed by atoms with van der Waals surface area (Å²) in [6, 6.07) is 17.5. The number of hydrogen-bond donors (Lipinski definition) is 1. The summed E-state index contributed by atoms with van der Waals surface area (Å²) in [4.78, 5) is 28.9. The summed E-state index contributed by atoms with van der Waals surface area (Å²) in [6.07, 6.45) is 3.74. The van der Waals surface area contributed by atoms with Crippen LogP contribution in [0.4, 0.5) is 0 Å². The van der Waals surface area contributed by atoms with E-state index >= 15 is 0 Å². The van der Waals surface area contributed by atoms with Crippen molar-refractivity contribution in [1.82, 2.24) is 5.06 Å². The lowest BCUT2D eigenvalue weighted by Crippen LogP contribution is -2.29. The molecule has 0 saturated heterocycles. The second kappa shape index (κ2) is 11.7. The Hall–Kier alpha value is -3.58. The average Bonchev–Trinajstić information content (AvgIpc) is 3.37. The van der Waals surface area contributed by atoms with Crippen molar-refractivity contribution in [2.24, 2.45) is 0 Å². The number of para-hydroxylation sites is 1. The predicted octanol–water partition coefficient (Wildman–Crippen LogP) is 5.17. The van der Waals surface area contributed by atoms with Gasteiger partial charge in [0, 0.05) is 23.1 Å². The third-order valence-corrected chi connectivity index (χ3v) is 4.80. The summed E-state index contributed by atoms with van der Waals surface area (Å²) in [6.45, 7) is -0.756. The number of furan rings is 1. The monoisotopic (exact) mass is 438 g/mol. The number of ether oxygens (including phenoxy) is 1. The zero-order valence-electron chi connectivity index (χ0n) is 18.9. The van der Waals surface area contributed by atoms with Crippen LogP contribution in [0.5, 0.6) is 5.75 Å². The molecule has 0 fully saturated rings. The molecule has 1 aromatic heterocycles. The molecule has 3 rings (SSSR count). The lowest BCUT2D eigenvalue weighted by atomic mass is 10.1. The maximum absolute atomic E-state index is 13.1. The van der Waals surface area contributed by atoms with Crippen LogP contribution < -0.4 is 4.74 Å². The number of aliphatic carboxylic acids is 1. The van der Waals surface area contributed by atoms with E-state index in [1.807, 2.05) is 6.07 Å². The lowest BCUT2D eigenvalue weighted by Gasteiger charge is -2.21. The van der Waals surface area contributed by atoms with Crippen molar-refractivity contribution < 1.29 is 30.1 Å². The normalized spacial score (nSPS) is 12.1. The Morgan fingerprint density at radius 1 is 1.03 bits per heavy atom. The van der Waals surface area contributed by atoms with Crippen molar-refractivity contribution >= 4 is 11.9 Å². The first-order valence-corrected chi connectivity index (χ1v) is 10.4. The van der Waals surface area contributed by atoms with Gasteiger partial charge in [-0.1, -0.05) is 30.3 Å². The highest BCUT2D eigenvalue weighted by Gasteiger charge is 2.18. The molecule has 0 saturated carbocycles. The molecule has 1 heterocycles. The van der Waals surface area contributed by atoms with E-state index in [1.165, 1.54) is 7.11 Å². The minimum Gasteiger partial charge on any atom is -0.493 e. The topological polar surface area (TPSA) is 89.2 Å². The summed E-state index contributed by atoms with van der Waals surface area (Å²) in [5.74, 6) is -0.0750. The molecule has 32 heavy (non-hydrogen) atoms. The molecule has 0 radical (unpaired) electrons. The second-order valence-corrected chi connectivity index (χ2v) is 7.09. The van der Waals surface area contributed by atoms with Gasteiger partial charge in [-0.05, 0) is 49.6 Å². The number of carboxylic acids is 1. The molecule has 7 nitrogen and oxygen atoms in total. The molecule has 1 amide bonds. The molecule has 0 aliphatic rings. The Bertz CT molecular complexity index is 1040. The molecule has 0 aliphatic heterocycles. The molecule has 0 aliphatic carbocycles. The zero-order valence-corrected chi connectivity index (χ0v) is 17.9. The van der Waals surface area contributed by atoms with Crippen LogP contribution >= 0.6 is 0 Å². The van der Waals surface area contributed by atoms with Gasteiger partial charge in [-0.2, -0.15) is 0 Å². The number of hydrogen-bond acceptors (Lipinski definition) is 5. The third kappa shape index (κ3) is 6.46. The van der Waals surface area contributed by atoms with Crippen LogP contribution in [0.3, 0.4) is 0 Å². The van der Waals surface area contributed by atoms with Crippen molar-refractivity contribution in [3.63, 3.8) is 0 Å². The smallest absolute Gasteiger partial charge is 0.303 e. The van der Waals surface area contributed by atoms with Crippen LogP contribution in [0, 0.1) is 0 Å². The van der Waals surface area contributed by atoms with Gasteiger partial charge in [0.25, 0.3) is 5.91 Å². The van der Waals surface area contributed by atoms with Gasteiger partial charge in [-0.3, -0.25) is 14.4 Å². The number of nitrogens with zero attached hydrogens (tertiary/aromatic N) is 1. The highest BCUT2D eigenvalue weighted by atomic mass is 16.7. The maximum atomic E-state index is 13.1. The van der Waals surface area contributed by atoms with Crippen LogP contribution in [0.15, 0.2) is 71.3 Å². The summed E-state index contributed by atoms with van der Waals surface area (Å²) in [7, 11) is 1.35. The standard InChI is InChI=1S/C25H27NO6/c1-30-26(25(29)20-14-12-19(13-15-20)22-10-7-17-32-22)18-21-8-4-5-9-23(21)31-16-6-2-3-11-24(27)28/h4-5,7-10,12-15,17H,2-3,6,11,16,18H2,1H3,(H,27,28)/i18D. The molecule has 168 valence electrons. The van der Waals surface area contributed by atoms with Gasteiger partial charge in [0.2, 0.25) is 0 Å². The maximum Gasteiger partial charge on any atom is 0.303 e. The van der Waals surface area contributed by atoms with Gasteiger partial charge in [0.05, 0.1) is 27.9 Å². The van der Waals surface area contributed by atoms with Crippen molar-refractivity contribution in [2.75, 3.05) is 13.7 Å². The van der Waals surface area contributed by atoms with E-state index in [2.05, 4.69) is 0 Å². The molecule has 3 aromatic rings. The fourth-order valence-corrected chi connectivity index (χ4v) is 3.12. The highest BCUT2D eigenvalue weighted by molar-refractivity contribution is 5.94. The molecular weight excluding hydrogens is 410 g/mol. The number of unbranched alkanes of at least 4 members (excludes halogenated alkanes) is 2. The lowest BCUT2D eigenvalue weighted by molar-refractivity contribution is -0.137. The van der Waals surface area contributed by atoms with E-state index in [0.29, 0.717) is 42.1 Å². The van der Waals surface area contributed by atoms with Crippen molar-refractivity contribution in [3.05, 3.63) is 78.1 Å². The first-order chi connectivity index (χ1) is 16.0. The minimum absolute atomic E-state index is 0.138. The van der Waals surface area contributed by atoms with Crippen molar-refractivity contribution in [2.45, 2.75) is 32.2 Å². The van der Waals surface area contributed by atoms with Gasteiger partial charge >= 0.3 is 5.97 Å². The molecule has 1 N–H and O–H groups in total. The van der Waals surface area contributed by atoms with Gasteiger partial charge in [0.1, 0.15) is 11.5 Å². The summed E-state index contributed by atoms with van der Waals surface area (Å²) in [5.41, 5.74) is 1.71. The van der Waals surface area contributed by atoms with E-state index in [9.17, 15) is 9.59 Å².